The van der Waals surface area contributed by atoms with E-state index in [0.29, 0.717) is 23.6 Å². The summed E-state index contributed by atoms with van der Waals surface area (Å²) >= 11 is 0. The summed E-state index contributed by atoms with van der Waals surface area (Å²) < 4.78 is 33.8. The van der Waals surface area contributed by atoms with Gasteiger partial charge in [0.1, 0.15) is 18.0 Å². The molecule has 26 heavy (non-hydrogen) atoms. The molecule has 1 saturated heterocycles. The van der Waals surface area contributed by atoms with Gasteiger partial charge in [0, 0.05) is 26.1 Å². The second kappa shape index (κ2) is 7.94. The predicted molar refractivity (Wildman–Crippen MR) is 97.4 cm³/mol. The minimum Gasteiger partial charge on any atom is -0.497 e. The molecule has 0 saturated carbocycles. The average molecular weight is 384 g/mol. The van der Waals surface area contributed by atoms with E-state index in [1.807, 2.05) is 0 Å². The summed E-state index contributed by atoms with van der Waals surface area (Å²) in [6.07, 6.45) is 0.410. The summed E-state index contributed by atoms with van der Waals surface area (Å²) in [5.74, 6) is 0.312. The maximum atomic E-state index is 12.6. The van der Waals surface area contributed by atoms with Gasteiger partial charge in [-0.05, 0) is 18.6 Å². The molecule has 0 radical (unpaired) electrons. The Bertz CT molecular complexity index is 792. The van der Waals surface area contributed by atoms with Gasteiger partial charge in [-0.15, -0.1) is 0 Å². The number of rotatable bonds is 6. The van der Waals surface area contributed by atoms with Crippen molar-refractivity contribution in [2.75, 3.05) is 44.2 Å². The van der Waals surface area contributed by atoms with Crippen molar-refractivity contribution in [3.05, 3.63) is 18.2 Å². The van der Waals surface area contributed by atoms with Crippen molar-refractivity contribution in [1.82, 2.24) is 4.90 Å². The van der Waals surface area contributed by atoms with Gasteiger partial charge in [-0.3, -0.25) is 14.5 Å². The third kappa shape index (κ3) is 4.46. The number of hydrogen-bond acceptors (Lipinski definition) is 6. The fraction of sp³-hybridized carbons (Fsp3) is 0.529. The summed E-state index contributed by atoms with van der Waals surface area (Å²) in [4.78, 5) is 27.5. The molecule has 1 unspecified atom stereocenters. The van der Waals surface area contributed by atoms with Gasteiger partial charge >= 0.3 is 0 Å². The van der Waals surface area contributed by atoms with E-state index in [1.54, 1.807) is 25.2 Å². The van der Waals surface area contributed by atoms with Gasteiger partial charge in [-0.1, -0.05) is 0 Å². The van der Waals surface area contributed by atoms with Crippen molar-refractivity contribution in [2.45, 2.75) is 19.4 Å². The summed E-state index contributed by atoms with van der Waals surface area (Å²) in [6.45, 7) is 1.14. The van der Waals surface area contributed by atoms with Gasteiger partial charge in [0.05, 0.1) is 31.4 Å². The molecule has 0 bridgehead atoms. The summed E-state index contributed by atoms with van der Waals surface area (Å²) in [7, 11) is 1.44. The predicted octanol–water partition coefficient (Wildman–Crippen LogP) is 0.702. The van der Waals surface area contributed by atoms with Crippen molar-refractivity contribution in [3.63, 3.8) is 0 Å². The Morgan fingerprint density at radius 3 is 2.42 bits per heavy atom. The van der Waals surface area contributed by atoms with Crippen LogP contribution in [0.5, 0.6) is 11.5 Å². The Balaban J connectivity index is 2.23. The van der Waals surface area contributed by atoms with E-state index in [4.69, 9.17) is 9.47 Å². The standard InChI is InChI=1S/C17H24N2O6S/c1-12(20)19(15-9-14(24-3)5-6-16(15)25-4)10-17(21)18(2)13-7-8-26(22,23)11-13/h5-6,9,13H,7-8,10-11H2,1-4H3. The fourth-order valence-corrected chi connectivity index (χ4v) is 4.68. The Hall–Kier alpha value is -2.29. The molecule has 1 aliphatic rings. The van der Waals surface area contributed by atoms with Crippen LogP contribution in [0, 0.1) is 0 Å². The van der Waals surface area contributed by atoms with E-state index in [-0.39, 0.29) is 35.9 Å². The number of ether oxygens (including phenoxy) is 2. The monoisotopic (exact) mass is 384 g/mol. The number of benzene rings is 1. The van der Waals surface area contributed by atoms with E-state index in [0.717, 1.165) is 0 Å². The number of sulfone groups is 1. The highest BCUT2D eigenvalue weighted by molar-refractivity contribution is 7.91. The van der Waals surface area contributed by atoms with Crippen LogP contribution in [-0.2, 0) is 19.4 Å². The topological polar surface area (TPSA) is 93.2 Å². The molecular formula is C17H24N2O6S. The van der Waals surface area contributed by atoms with Crippen LogP contribution in [0.15, 0.2) is 18.2 Å². The van der Waals surface area contributed by atoms with Crippen LogP contribution in [0.2, 0.25) is 0 Å². The molecule has 1 fully saturated rings. The lowest BCUT2D eigenvalue weighted by Crippen LogP contribution is -2.45. The maximum absolute atomic E-state index is 12.6. The molecule has 0 aliphatic carbocycles. The molecule has 0 aromatic heterocycles. The molecule has 9 heteroatoms. The van der Waals surface area contributed by atoms with Crippen molar-refractivity contribution in [1.29, 1.82) is 0 Å². The van der Waals surface area contributed by atoms with E-state index >= 15 is 0 Å². The molecule has 1 aliphatic heterocycles. The summed E-state index contributed by atoms with van der Waals surface area (Å²) in [6, 6.07) is 4.60. The van der Waals surface area contributed by atoms with Crippen molar-refractivity contribution >= 4 is 27.3 Å². The maximum Gasteiger partial charge on any atom is 0.242 e. The highest BCUT2D eigenvalue weighted by Gasteiger charge is 2.33. The zero-order valence-electron chi connectivity index (χ0n) is 15.4. The Morgan fingerprint density at radius 2 is 1.92 bits per heavy atom. The lowest BCUT2D eigenvalue weighted by atomic mass is 10.2. The fourth-order valence-electron chi connectivity index (χ4n) is 2.91. The van der Waals surface area contributed by atoms with Crippen LogP contribution in [0.3, 0.4) is 0 Å². The number of anilines is 1. The number of hydrogen-bond donors (Lipinski definition) is 0. The van der Waals surface area contributed by atoms with Crippen LogP contribution >= 0.6 is 0 Å². The molecule has 1 aromatic rings. The summed E-state index contributed by atoms with van der Waals surface area (Å²) in [5, 5.41) is 0. The molecule has 144 valence electrons. The first kappa shape index (κ1) is 20.0. The highest BCUT2D eigenvalue weighted by Crippen LogP contribution is 2.32. The molecule has 1 heterocycles. The van der Waals surface area contributed by atoms with Gasteiger partial charge in [-0.2, -0.15) is 0 Å². The second-order valence-electron chi connectivity index (χ2n) is 6.20. The number of methoxy groups -OCH3 is 2. The van der Waals surface area contributed by atoms with Crippen LogP contribution < -0.4 is 14.4 Å². The van der Waals surface area contributed by atoms with Gasteiger partial charge in [0.15, 0.2) is 9.84 Å². The van der Waals surface area contributed by atoms with E-state index < -0.39 is 9.84 Å². The molecule has 1 aromatic carbocycles. The minimum atomic E-state index is -3.10. The van der Waals surface area contributed by atoms with Crippen molar-refractivity contribution in [3.8, 4) is 11.5 Å². The third-order valence-corrected chi connectivity index (χ3v) is 6.25. The van der Waals surface area contributed by atoms with E-state index in [1.165, 1.54) is 30.9 Å². The molecule has 2 rings (SSSR count). The van der Waals surface area contributed by atoms with Gasteiger partial charge in [0.2, 0.25) is 11.8 Å². The van der Waals surface area contributed by atoms with E-state index in [9.17, 15) is 18.0 Å². The smallest absolute Gasteiger partial charge is 0.242 e. The minimum absolute atomic E-state index is 0.0439. The quantitative estimate of drug-likeness (QED) is 0.717. The first-order valence-electron chi connectivity index (χ1n) is 8.14. The SMILES string of the molecule is COc1ccc(OC)c(N(CC(=O)N(C)C2CCS(=O)(=O)C2)C(C)=O)c1. The van der Waals surface area contributed by atoms with Crippen LogP contribution in [0.25, 0.3) is 0 Å². The van der Waals surface area contributed by atoms with Gasteiger partial charge < -0.3 is 14.4 Å². The van der Waals surface area contributed by atoms with Gasteiger partial charge in [-0.25, -0.2) is 8.42 Å². The molecule has 8 nitrogen and oxygen atoms in total. The largest absolute Gasteiger partial charge is 0.497 e. The van der Waals surface area contributed by atoms with Crippen LogP contribution in [0.1, 0.15) is 13.3 Å². The molecule has 0 N–H and O–H groups in total. The number of nitrogens with zero attached hydrogens (tertiary/aromatic N) is 2. The Morgan fingerprint density at radius 1 is 1.23 bits per heavy atom. The van der Waals surface area contributed by atoms with Crippen molar-refractivity contribution in [2.24, 2.45) is 0 Å². The normalized spacial score (nSPS) is 18.2. The lowest BCUT2D eigenvalue weighted by molar-refractivity contribution is -0.131. The lowest BCUT2D eigenvalue weighted by Gasteiger charge is -2.28. The number of likely N-dealkylation sites (N-methyl/N-ethyl adjacent to an activating group) is 1. The zero-order valence-corrected chi connectivity index (χ0v) is 16.2. The number of amides is 2. The zero-order chi connectivity index (χ0) is 19.5. The second-order valence-corrected chi connectivity index (χ2v) is 8.43. The van der Waals surface area contributed by atoms with Crippen LogP contribution in [-0.4, -0.2) is 70.5 Å². The summed E-state index contributed by atoms with van der Waals surface area (Å²) in [5.41, 5.74) is 0.417. The van der Waals surface area contributed by atoms with E-state index in [2.05, 4.69) is 0 Å². The van der Waals surface area contributed by atoms with Crippen molar-refractivity contribution < 1.29 is 27.5 Å². The molecular weight excluding hydrogens is 360 g/mol. The molecule has 1 atom stereocenters. The van der Waals surface area contributed by atoms with Gasteiger partial charge in [0.25, 0.3) is 0 Å². The number of carbonyl (C=O) groups is 2. The van der Waals surface area contributed by atoms with Crippen LogP contribution in [0.4, 0.5) is 5.69 Å². The first-order valence-corrected chi connectivity index (χ1v) is 9.97. The Kier molecular flexibility index (Phi) is 6.12. The average Bonchev–Trinajstić information content (AvgIpc) is 2.97. The highest BCUT2D eigenvalue weighted by atomic mass is 32.2. The third-order valence-electron chi connectivity index (χ3n) is 4.50. The first-order chi connectivity index (χ1) is 12.2. The number of carbonyl (C=O) groups excluding carboxylic acids is 2. The molecule has 2 amide bonds. The molecule has 0 spiro atoms. The Labute approximate surface area is 153 Å².